The third kappa shape index (κ3) is 3.92. The Kier molecular flexibility index (Phi) is 6.81. The van der Waals surface area contributed by atoms with Crippen molar-refractivity contribution >= 4 is 40.7 Å². The van der Waals surface area contributed by atoms with Gasteiger partial charge in [0.2, 0.25) is 11.8 Å². The maximum absolute atomic E-state index is 14.4. The lowest BCUT2D eigenvalue weighted by Gasteiger charge is -2.38. The van der Waals surface area contributed by atoms with Crippen LogP contribution in [0.4, 0.5) is 11.4 Å². The largest absolute Gasteiger partial charge is 0.396 e. The number of benzene rings is 2. The molecular weight excluding hydrogens is 530 g/mol. The Labute approximate surface area is 238 Å². The fourth-order valence-electron chi connectivity index (χ4n) is 6.93. The summed E-state index contributed by atoms with van der Waals surface area (Å²) in [5.74, 6) is -2.52. The molecule has 2 saturated heterocycles. The predicted octanol–water partition coefficient (Wildman–Crippen LogP) is 3.59. The highest BCUT2D eigenvalue weighted by atomic mass is 35.5. The van der Waals surface area contributed by atoms with Gasteiger partial charge in [0, 0.05) is 42.6 Å². The van der Waals surface area contributed by atoms with E-state index in [4.69, 9.17) is 16.3 Å². The number of anilines is 2. The first-order valence-corrected chi connectivity index (χ1v) is 14.1. The molecule has 2 aromatic rings. The average molecular weight is 562 g/mol. The molecule has 0 aliphatic carbocycles. The first kappa shape index (κ1) is 26.7. The average Bonchev–Trinajstić information content (AvgIpc) is 3.25. The normalized spacial score (nSPS) is 31.2. The summed E-state index contributed by atoms with van der Waals surface area (Å²) < 4.78 is 6.97. The molecule has 9 heteroatoms. The maximum Gasteiger partial charge on any atom is 0.253 e. The predicted molar refractivity (Wildman–Crippen MR) is 152 cm³/mol. The molecular formula is C31H32ClN3O5. The van der Waals surface area contributed by atoms with Crippen LogP contribution in [-0.2, 0) is 19.1 Å². The second kappa shape index (κ2) is 10.2. The third-order valence-corrected chi connectivity index (χ3v) is 8.95. The SMILES string of the molecule is CC[C@@]12C=CCN(c3ccccc3)C(=O)[C@@H]1[C@H]1C(=O)N(CCCO)C3C(=O)N(c4ccc(Cl)cc4)CC=C[C@@]31O2. The fraction of sp³-hybridized carbons (Fsp3) is 0.387. The number of carbonyl (C=O) groups is 3. The smallest absolute Gasteiger partial charge is 0.253 e. The van der Waals surface area contributed by atoms with Gasteiger partial charge in [-0.05, 0) is 49.2 Å². The minimum absolute atomic E-state index is 0.133. The van der Waals surface area contributed by atoms with Crippen LogP contribution in [0.25, 0.3) is 0 Å². The van der Waals surface area contributed by atoms with Gasteiger partial charge in [-0.3, -0.25) is 14.4 Å². The van der Waals surface area contributed by atoms with E-state index in [1.54, 1.807) is 34.1 Å². The number of fused-ring (bicyclic) bond motifs is 2. The van der Waals surface area contributed by atoms with E-state index in [0.29, 0.717) is 30.1 Å². The molecule has 4 heterocycles. The lowest BCUT2D eigenvalue weighted by atomic mass is 9.73. The minimum atomic E-state index is -1.34. The highest BCUT2D eigenvalue weighted by Crippen LogP contribution is 2.58. The summed E-state index contributed by atoms with van der Waals surface area (Å²) in [6.45, 7) is 2.63. The molecule has 4 aliphatic rings. The van der Waals surface area contributed by atoms with E-state index in [2.05, 4.69) is 0 Å². The van der Waals surface area contributed by atoms with Crippen LogP contribution < -0.4 is 9.80 Å². The van der Waals surface area contributed by atoms with Crippen LogP contribution in [0.1, 0.15) is 19.8 Å². The molecule has 40 heavy (non-hydrogen) atoms. The molecule has 0 saturated carbocycles. The van der Waals surface area contributed by atoms with Crippen LogP contribution in [0, 0.1) is 11.8 Å². The molecule has 5 atom stereocenters. The zero-order valence-corrected chi connectivity index (χ0v) is 23.0. The lowest BCUT2D eigenvalue weighted by molar-refractivity contribution is -0.145. The van der Waals surface area contributed by atoms with Gasteiger partial charge in [-0.25, -0.2) is 0 Å². The van der Waals surface area contributed by atoms with Crippen LogP contribution in [0.5, 0.6) is 0 Å². The van der Waals surface area contributed by atoms with Crippen LogP contribution in [0.2, 0.25) is 5.02 Å². The number of amides is 3. The van der Waals surface area contributed by atoms with E-state index >= 15 is 0 Å². The molecule has 1 unspecified atom stereocenters. The zero-order chi connectivity index (χ0) is 28.1. The summed E-state index contributed by atoms with van der Waals surface area (Å²) >= 11 is 6.11. The molecule has 208 valence electrons. The topological polar surface area (TPSA) is 90.4 Å². The fourth-order valence-corrected chi connectivity index (χ4v) is 7.06. The summed E-state index contributed by atoms with van der Waals surface area (Å²) in [4.78, 5) is 48.0. The molecule has 1 spiro atoms. The summed E-state index contributed by atoms with van der Waals surface area (Å²) in [6, 6.07) is 15.4. The molecule has 0 radical (unpaired) electrons. The van der Waals surface area contributed by atoms with Gasteiger partial charge in [-0.2, -0.15) is 0 Å². The molecule has 1 N–H and O–H groups in total. The van der Waals surface area contributed by atoms with E-state index < -0.39 is 29.1 Å². The number of hydrogen-bond donors (Lipinski definition) is 1. The van der Waals surface area contributed by atoms with Crippen molar-refractivity contribution in [1.29, 1.82) is 0 Å². The van der Waals surface area contributed by atoms with Gasteiger partial charge in [-0.15, -0.1) is 0 Å². The van der Waals surface area contributed by atoms with Crippen molar-refractivity contribution in [3.05, 3.63) is 83.9 Å². The van der Waals surface area contributed by atoms with Gasteiger partial charge < -0.3 is 24.5 Å². The van der Waals surface area contributed by atoms with Gasteiger partial charge in [0.15, 0.2) is 0 Å². The number of likely N-dealkylation sites (tertiary alicyclic amines) is 1. The number of ether oxygens (including phenoxy) is 1. The zero-order valence-electron chi connectivity index (χ0n) is 22.3. The Hall–Kier alpha value is -3.46. The molecule has 2 aromatic carbocycles. The van der Waals surface area contributed by atoms with Gasteiger partial charge in [0.05, 0.1) is 17.4 Å². The van der Waals surface area contributed by atoms with E-state index in [-0.39, 0.29) is 37.4 Å². The van der Waals surface area contributed by atoms with Crippen LogP contribution >= 0.6 is 11.6 Å². The number of hydrogen-bond acceptors (Lipinski definition) is 5. The van der Waals surface area contributed by atoms with Crippen LogP contribution in [-0.4, -0.2) is 71.2 Å². The van der Waals surface area contributed by atoms with Gasteiger partial charge in [-0.1, -0.05) is 61.0 Å². The summed E-state index contributed by atoms with van der Waals surface area (Å²) in [7, 11) is 0. The Morgan fingerprint density at radius 3 is 2.20 bits per heavy atom. The standard InChI is InChI=1S/C31H32ClN3O5/c1-2-30-15-6-17-33(22-9-4-3-5-10-22)27(37)24(30)25-28(38)35(19-8-20-36)26-29(39)34(18-7-16-31(25,26)40-30)23-13-11-21(32)12-14-23/h3-7,9-16,24-26,36H,2,8,17-20H2,1H3/t24-,25-,26?,30+,31-/m0/s1. The summed E-state index contributed by atoms with van der Waals surface area (Å²) in [5, 5.41) is 10.2. The monoisotopic (exact) mass is 561 g/mol. The number of aliphatic hydroxyl groups excluding tert-OH is 1. The second-order valence-corrected chi connectivity index (χ2v) is 11.2. The van der Waals surface area contributed by atoms with Crippen molar-refractivity contribution < 1.29 is 24.2 Å². The van der Waals surface area contributed by atoms with Crippen molar-refractivity contribution in [2.75, 3.05) is 36.0 Å². The molecule has 4 aliphatic heterocycles. The molecule has 0 bridgehead atoms. The number of aliphatic hydroxyl groups is 1. The quantitative estimate of drug-likeness (QED) is 0.544. The van der Waals surface area contributed by atoms with Crippen molar-refractivity contribution in [1.82, 2.24) is 4.90 Å². The second-order valence-electron chi connectivity index (χ2n) is 10.7. The molecule has 6 rings (SSSR count). The third-order valence-electron chi connectivity index (χ3n) is 8.70. The minimum Gasteiger partial charge on any atom is -0.396 e. The first-order valence-electron chi connectivity index (χ1n) is 13.8. The van der Waals surface area contributed by atoms with E-state index in [9.17, 15) is 19.5 Å². The number of halogens is 1. The van der Waals surface area contributed by atoms with Crippen molar-refractivity contribution in [2.45, 2.75) is 37.0 Å². The lowest BCUT2D eigenvalue weighted by Crippen LogP contribution is -2.56. The van der Waals surface area contributed by atoms with Crippen LogP contribution in [0.3, 0.4) is 0 Å². The number of nitrogens with zero attached hydrogens (tertiary/aromatic N) is 3. The highest BCUT2D eigenvalue weighted by molar-refractivity contribution is 6.30. The van der Waals surface area contributed by atoms with E-state index in [1.165, 1.54) is 4.90 Å². The summed E-state index contributed by atoms with van der Waals surface area (Å²) in [5.41, 5.74) is -1.00. The summed E-state index contributed by atoms with van der Waals surface area (Å²) in [6.07, 6.45) is 8.31. The first-order chi connectivity index (χ1) is 19.4. The maximum atomic E-state index is 14.4. The molecule has 8 nitrogen and oxygen atoms in total. The Balaban J connectivity index is 1.48. The number of para-hydroxylation sites is 1. The van der Waals surface area contributed by atoms with Crippen molar-refractivity contribution in [2.24, 2.45) is 11.8 Å². The van der Waals surface area contributed by atoms with Gasteiger partial charge in [0.1, 0.15) is 11.6 Å². The Morgan fingerprint density at radius 2 is 1.52 bits per heavy atom. The molecule has 3 amide bonds. The molecule has 2 fully saturated rings. The van der Waals surface area contributed by atoms with E-state index in [0.717, 1.165) is 5.69 Å². The highest BCUT2D eigenvalue weighted by Gasteiger charge is 2.75. The Bertz CT molecular complexity index is 1380. The van der Waals surface area contributed by atoms with E-state index in [1.807, 2.05) is 61.6 Å². The number of rotatable bonds is 6. The molecule has 0 aromatic heterocycles. The van der Waals surface area contributed by atoms with Gasteiger partial charge in [0.25, 0.3) is 5.91 Å². The Morgan fingerprint density at radius 1 is 0.875 bits per heavy atom. The van der Waals surface area contributed by atoms with Gasteiger partial charge >= 0.3 is 0 Å². The van der Waals surface area contributed by atoms with Crippen LogP contribution in [0.15, 0.2) is 78.9 Å². The van der Waals surface area contributed by atoms with Crippen molar-refractivity contribution in [3.63, 3.8) is 0 Å². The number of carbonyl (C=O) groups excluding carboxylic acids is 3. The van der Waals surface area contributed by atoms with Crippen molar-refractivity contribution in [3.8, 4) is 0 Å².